The number of amides is 1. The van der Waals surface area contributed by atoms with Crippen molar-refractivity contribution < 1.29 is 4.79 Å². The minimum atomic E-state index is 0.134. The molecule has 0 unspecified atom stereocenters. The molecule has 2 aromatic heterocycles. The average molecular weight is 433 g/mol. The van der Waals surface area contributed by atoms with E-state index in [1.54, 1.807) is 11.3 Å². The van der Waals surface area contributed by atoms with Crippen molar-refractivity contribution in [3.63, 3.8) is 0 Å². The lowest BCUT2D eigenvalue weighted by Gasteiger charge is -2.28. The second kappa shape index (κ2) is 8.45. The predicted molar refractivity (Wildman–Crippen MR) is 121 cm³/mol. The number of hydrogen-bond acceptors (Lipinski definition) is 5. The van der Waals surface area contributed by atoms with Crippen molar-refractivity contribution >= 4 is 29.0 Å². The van der Waals surface area contributed by atoms with Crippen LogP contribution >= 0.6 is 23.1 Å². The van der Waals surface area contributed by atoms with Crippen LogP contribution in [0.15, 0.2) is 77.3 Å². The molecule has 0 aliphatic carbocycles. The van der Waals surface area contributed by atoms with Gasteiger partial charge in [-0.25, -0.2) is 0 Å². The number of nitrogens with zero attached hydrogens (tertiary/aromatic N) is 4. The maximum Gasteiger partial charge on any atom is 0.233 e. The molecule has 4 aromatic rings. The smallest absolute Gasteiger partial charge is 0.233 e. The topological polar surface area (TPSA) is 51.0 Å². The van der Waals surface area contributed by atoms with Crippen molar-refractivity contribution in [3.05, 3.63) is 83.2 Å². The first-order chi connectivity index (χ1) is 14.8. The molecule has 2 aromatic carbocycles. The highest BCUT2D eigenvalue weighted by Crippen LogP contribution is 2.30. The number of thiophene rings is 1. The van der Waals surface area contributed by atoms with E-state index in [9.17, 15) is 4.79 Å². The Balaban J connectivity index is 1.36. The molecule has 5 rings (SSSR count). The third kappa shape index (κ3) is 3.78. The highest BCUT2D eigenvalue weighted by molar-refractivity contribution is 7.99. The van der Waals surface area contributed by atoms with Gasteiger partial charge in [-0.3, -0.25) is 9.36 Å². The number of carbonyl (C=O) groups excluding carboxylic acids is 1. The van der Waals surface area contributed by atoms with Crippen molar-refractivity contribution in [2.24, 2.45) is 0 Å². The van der Waals surface area contributed by atoms with E-state index in [1.807, 2.05) is 63.4 Å². The molecule has 150 valence electrons. The lowest BCUT2D eigenvalue weighted by Crippen LogP contribution is -2.37. The average Bonchev–Trinajstić information content (AvgIpc) is 3.47. The third-order valence-corrected chi connectivity index (χ3v) is 6.98. The Hall–Kier alpha value is -2.90. The van der Waals surface area contributed by atoms with Gasteiger partial charge in [-0.1, -0.05) is 60.3 Å². The summed E-state index contributed by atoms with van der Waals surface area (Å²) in [5.74, 6) is 1.28. The van der Waals surface area contributed by atoms with Gasteiger partial charge in [0.05, 0.1) is 10.6 Å². The van der Waals surface area contributed by atoms with Crippen LogP contribution in [0.4, 0.5) is 0 Å². The van der Waals surface area contributed by atoms with Crippen LogP contribution in [0.2, 0.25) is 0 Å². The van der Waals surface area contributed by atoms with Crippen LogP contribution in [0.5, 0.6) is 0 Å². The lowest BCUT2D eigenvalue weighted by atomic mass is 10.00. The minimum Gasteiger partial charge on any atom is -0.337 e. The van der Waals surface area contributed by atoms with Gasteiger partial charge < -0.3 is 4.90 Å². The number of fused-ring (bicyclic) bond motifs is 1. The number of rotatable bonds is 5. The van der Waals surface area contributed by atoms with Crippen LogP contribution in [0.3, 0.4) is 0 Å². The van der Waals surface area contributed by atoms with Crippen molar-refractivity contribution in [2.45, 2.75) is 18.1 Å². The van der Waals surface area contributed by atoms with Crippen molar-refractivity contribution in [2.75, 3.05) is 12.3 Å². The molecule has 1 amide bonds. The maximum absolute atomic E-state index is 12.9. The lowest BCUT2D eigenvalue weighted by molar-refractivity contribution is -0.129. The van der Waals surface area contributed by atoms with Gasteiger partial charge in [0.15, 0.2) is 11.0 Å². The van der Waals surface area contributed by atoms with Crippen LogP contribution in [-0.4, -0.2) is 37.9 Å². The zero-order valence-electron chi connectivity index (χ0n) is 16.3. The summed E-state index contributed by atoms with van der Waals surface area (Å²) >= 11 is 3.08. The standard InChI is InChI=1S/C23H20N4OS2/c28-21(26-13-12-17-7-4-5-8-18(17)15-26)16-30-23-25-24-22(20-11-6-14-29-20)27(23)19-9-2-1-3-10-19/h1-11,14H,12-13,15-16H2. The van der Waals surface area contributed by atoms with Crippen LogP contribution in [0.1, 0.15) is 11.1 Å². The molecule has 0 spiro atoms. The van der Waals surface area contributed by atoms with E-state index in [0.29, 0.717) is 12.3 Å². The van der Waals surface area contributed by atoms with Gasteiger partial charge in [0, 0.05) is 18.8 Å². The van der Waals surface area contributed by atoms with Crippen molar-refractivity contribution in [3.8, 4) is 16.4 Å². The zero-order valence-corrected chi connectivity index (χ0v) is 17.9. The quantitative estimate of drug-likeness (QED) is 0.430. The van der Waals surface area contributed by atoms with E-state index in [0.717, 1.165) is 34.5 Å². The molecule has 0 atom stereocenters. The Kier molecular flexibility index (Phi) is 5.38. The molecule has 0 bridgehead atoms. The molecule has 7 heteroatoms. The molecule has 30 heavy (non-hydrogen) atoms. The summed E-state index contributed by atoms with van der Waals surface area (Å²) in [5.41, 5.74) is 3.58. The Labute approximate surface area is 183 Å². The summed E-state index contributed by atoms with van der Waals surface area (Å²) in [6.07, 6.45) is 0.912. The first kappa shape index (κ1) is 19.1. The fourth-order valence-electron chi connectivity index (χ4n) is 3.66. The van der Waals surface area contributed by atoms with Crippen LogP contribution in [-0.2, 0) is 17.8 Å². The number of benzene rings is 2. The van der Waals surface area contributed by atoms with Crippen molar-refractivity contribution in [1.29, 1.82) is 0 Å². The van der Waals surface area contributed by atoms with Crippen LogP contribution in [0, 0.1) is 0 Å². The largest absolute Gasteiger partial charge is 0.337 e. The number of thioether (sulfide) groups is 1. The third-order valence-electron chi connectivity index (χ3n) is 5.20. The predicted octanol–water partition coefficient (Wildman–Crippen LogP) is 4.67. The van der Waals surface area contributed by atoms with Crippen LogP contribution < -0.4 is 0 Å². The molecule has 3 heterocycles. The van der Waals surface area contributed by atoms with E-state index in [-0.39, 0.29) is 5.91 Å². The maximum atomic E-state index is 12.9. The summed E-state index contributed by atoms with van der Waals surface area (Å²) < 4.78 is 2.04. The molecule has 1 aliphatic heterocycles. The number of carbonyl (C=O) groups is 1. The molecule has 0 radical (unpaired) electrons. The first-order valence-corrected chi connectivity index (χ1v) is 11.7. The van der Waals surface area contributed by atoms with Gasteiger partial charge in [0.2, 0.25) is 5.91 Å². The number of aromatic nitrogens is 3. The van der Waals surface area contributed by atoms with Crippen molar-refractivity contribution in [1.82, 2.24) is 19.7 Å². The highest BCUT2D eigenvalue weighted by atomic mass is 32.2. The van der Waals surface area contributed by atoms with E-state index in [4.69, 9.17) is 0 Å². The van der Waals surface area contributed by atoms with Gasteiger partial charge in [0.1, 0.15) is 0 Å². The SMILES string of the molecule is O=C(CSc1nnc(-c2cccs2)n1-c1ccccc1)N1CCc2ccccc2C1. The summed E-state index contributed by atoms with van der Waals surface area (Å²) in [7, 11) is 0. The molecular formula is C23H20N4OS2. The molecule has 0 N–H and O–H groups in total. The number of para-hydroxylation sites is 1. The second-order valence-electron chi connectivity index (χ2n) is 7.08. The summed E-state index contributed by atoms with van der Waals surface area (Å²) in [4.78, 5) is 15.9. The van der Waals surface area contributed by atoms with Gasteiger partial charge >= 0.3 is 0 Å². The molecule has 0 fully saturated rings. The monoisotopic (exact) mass is 432 g/mol. The summed E-state index contributed by atoms with van der Waals surface area (Å²) in [5, 5.41) is 11.6. The Morgan fingerprint density at radius 2 is 1.77 bits per heavy atom. The fraction of sp³-hybridized carbons (Fsp3) is 0.174. The van der Waals surface area contributed by atoms with E-state index in [2.05, 4.69) is 28.4 Å². The molecule has 0 saturated heterocycles. The summed E-state index contributed by atoms with van der Waals surface area (Å²) in [6, 6.07) is 22.5. The molecule has 0 saturated carbocycles. The minimum absolute atomic E-state index is 0.134. The van der Waals surface area contributed by atoms with Crippen LogP contribution in [0.25, 0.3) is 16.4 Å². The molecular weight excluding hydrogens is 412 g/mol. The normalized spacial score (nSPS) is 13.3. The summed E-state index contributed by atoms with van der Waals surface area (Å²) in [6.45, 7) is 1.45. The van der Waals surface area contributed by atoms with Gasteiger partial charge in [-0.2, -0.15) is 0 Å². The van der Waals surface area contributed by atoms with E-state index in [1.165, 1.54) is 22.9 Å². The first-order valence-electron chi connectivity index (χ1n) is 9.81. The Bertz CT molecular complexity index is 1160. The number of hydrogen-bond donors (Lipinski definition) is 0. The Morgan fingerprint density at radius 1 is 0.967 bits per heavy atom. The molecule has 1 aliphatic rings. The van der Waals surface area contributed by atoms with E-state index >= 15 is 0 Å². The van der Waals surface area contributed by atoms with Gasteiger partial charge in [0.25, 0.3) is 0 Å². The second-order valence-corrected chi connectivity index (χ2v) is 8.97. The highest BCUT2D eigenvalue weighted by Gasteiger charge is 2.22. The fourth-order valence-corrected chi connectivity index (χ4v) is 5.22. The van der Waals surface area contributed by atoms with E-state index < -0.39 is 0 Å². The van der Waals surface area contributed by atoms with Gasteiger partial charge in [-0.05, 0) is 41.1 Å². The van der Waals surface area contributed by atoms with Gasteiger partial charge in [-0.15, -0.1) is 21.5 Å². The zero-order chi connectivity index (χ0) is 20.3. The molecule has 5 nitrogen and oxygen atoms in total. The Morgan fingerprint density at radius 3 is 2.57 bits per heavy atom.